The molecule has 0 aromatic rings. The van der Waals surface area contributed by atoms with Crippen LogP contribution in [0.5, 0.6) is 0 Å². The maximum atomic E-state index is 3.37. The van der Waals surface area contributed by atoms with Crippen LogP contribution in [0.1, 0.15) is 6.92 Å². The molecule has 54 valence electrons. The van der Waals surface area contributed by atoms with E-state index in [0.29, 0.717) is 0 Å². The minimum atomic E-state index is 0.777. The summed E-state index contributed by atoms with van der Waals surface area (Å²) in [5, 5.41) is 3.37. The topological polar surface area (TPSA) is 12.0 Å². The molecule has 0 saturated carbocycles. The molecule has 0 aliphatic carbocycles. The van der Waals surface area contributed by atoms with E-state index in [1.54, 1.807) is 0 Å². The smallest absolute Gasteiger partial charge is 0.0984 e. The van der Waals surface area contributed by atoms with Gasteiger partial charge in [0.2, 0.25) is 0 Å². The minimum Gasteiger partial charge on any atom is -0.324 e. The zero-order valence-electron chi connectivity index (χ0n) is 6.65. The summed E-state index contributed by atoms with van der Waals surface area (Å²) >= 11 is 0. The molecule has 0 aromatic carbocycles. The van der Waals surface area contributed by atoms with Crippen molar-refractivity contribution in [3.05, 3.63) is 0 Å². The Morgan fingerprint density at radius 3 is 2.44 bits per heavy atom. The molecule has 1 aliphatic heterocycles. The Labute approximate surface area is 57.4 Å². The monoisotopic (exact) mass is 129 g/mol. The average Bonchev–Trinajstić information content (AvgIpc) is 1.77. The van der Waals surface area contributed by atoms with Crippen LogP contribution in [-0.4, -0.2) is 44.3 Å². The Morgan fingerprint density at radius 2 is 2.11 bits per heavy atom. The molecular formula is C7H17N2+. The van der Waals surface area contributed by atoms with Gasteiger partial charge < -0.3 is 9.80 Å². The number of rotatable bonds is 0. The Bertz CT molecular complexity index is 99.1. The van der Waals surface area contributed by atoms with Gasteiger partial charge in [-0.1, -0.05) is 0 Å². The fourth-order valence-corrected chi connectivity index (χ4v) is 1.15. The second kappa shape index (κ2) is 2.27. The largest absolute Gasteiger partial charge is 0.324 e. The summed E-state index contributed by atoms with van der Waals surface area (Å²) in [5.41, 5.74) is 0. The Balaban J connectivity index is 2.49. The molecular weight excluding hydrogens is 112 g/mol. The fourth-order valence-electron chi connectivity index (χ4n) is 1.15. The van der Waals surface area contributed by atoms with Crippen LogP contribution in [0.3, 0.4) is 0 Å². The molecule has 0 amide bonds. The lowest BCUT2D eigenvalue weighted by Crippen LogP contribution is -2.59. The molecule has 1 unspecified atom stereocenters. The first-order valence-electron chi connectivity index (χ1n) is 3.66. The van der Waals surface area contributed by atoms with Gasteiger partial charge in [-0.15, -0.1) is 0 Å². The molecule has 0 spiro atoms. The van der Waals surface area contributed by atoms with Crippen LogP contribution in [0.15, 0.2) is 0 Å². The molecule has 0 bridgehead atoms. The zero-order chi connectivity index (χ0) is 6.91. The van der Waals surface area contributed by atoms with Crippen molar-refractivity contribution in [2.24, 2.45) is 0 Å². The van der Waals surface area contributed by atoms with Gasteiger partial charge >= 0.3 is 0 Å². The van der Waals surface area contributed by atoms with Gasteiger partial charge in [0.05, 0.1) is 26.7 Å². The first-order valence-corrected chi connectivity index (χ1v) is 3.66. The summed E-state index contributed by atoms with van der Waals surface area (Å²) in [4.78, 5) is 0. The molecule has 2 heteroatoms. The summed E-state index contributed by atoms with van der Waals surface area (Å²) in [5.74, 6) is 0. The van der Waals surface area contributed by atoms with Gasteiger partial charge in [0.25, 0.3) is 0 Å². The van der Waals surface area contributed by atoms with Gasteiger partial charge in [-0.05, 0) is 6.92 Å². The van der Waals surface area contributed by atoms with Crippen molar-refractivity contribution in [2.45, 2.75) is 13.0 Å². The predicted molar refractivity (Wildman–Crippen MR) is 39.3 cm³/mol. The molecule has 1 N–H and O–H groups in total. The number of quaternary nitrogens is 1. The van der Waals surface area contributed by atoms with E-state index in [1.165, 1.54) is 24.1 Å². The van der Waals surface area contributed by atoms with E-state index in [2.05, 4.69) is 26.3 Å². The Morgan fingerprint density at radius 1 is 1.44 bits per heavy atom. The highest BCUT2D eigenvalue weighted by molar-refractivity contribution is 4.61. The van der Waals surface area contributed by atoms with Crippen LogP contribution in [0.4, 0.5) is 0 Å². The molecule has 9 heavy (non-hydrogen) atoms. The second-order valence-corrected chi connectivity index (χ2v) is 3.56. The highest BCUT2D eigenvalue weighted by Gasteiger charge is 2.26. The van der Waals surface area contributed by atoms with E-state index < -0.39 is 0 Å². The first-order chi connectivity index (χ1) is 4.13. The molecule has 1 fully saturated rings. The normalized spacial score (nSPS) is 34.3. The van der Waals surface area contributed by atoms with Crippen molar-refractivity contribution < 1.29 is 4.48 Å². The van der Waals surface area contributed by atoms with E-state index in [9.17, 15) is 0 Å². The summed E-state index contributed by atoms with van der Waals surface area (Å²) in [7, 11) is 4.59. The van der Waals surface area contributed by atoms with E-state index in [4.69, 9.17) is 0 Å². The number of nitrogens with one attached hydrogen (secondary N) is 1. The third-order valence-corrected chi connectivity index (χ3v) is 2.50. The van der Waals surface area contributed by atoms with Crippen LogP contribution in [0, 0.1) is 0 Å². The van der Waals surface area contributed by atoms with Crippen LogP contribution >= 0.6 is 0 Å². The minimum absolute atomic E-state index is 0.777. The molecule has 1 rings (SSSR count). The quantitative estimate of drug-likeness (QED) is 0.456. The standard InChI is InChI=1S/C7H17N2/c1-7-6-8-4-5-9(7,2)3/h7-8H,4-6H2,1-3H3/q+1. The van der Waals surface area contributed by atoms with Crippen molar-refractivity contribution in [3.63, 3.8) is 0 Å². The van der Waals surface area contributed by atoms with E-state index >= 15 is 0 Å². The van der Waals surface area contributed by atoms with Gasteiger partial charge in [-0.25, -0.2) is 0 Å². The van der Waals surface area contributed by atoms with Crippen molar-refractivity contribution >= 4 is 0 Å². The molecule has 0 aromatic heterocycles. The molecule has 2 nitrogen and oxygen atoms in total. The Hall–Kier alpha value is -0.0800. The van der Waals surface area contributed by atoms with E-state index in [-0.39, 0.29) is 0 Å². The van der Waals surface area contributed by atoms with Gasteiger partial charge in [-0.3, -0.25) is 0 Å². The van der Waals surface area contributed by atoms with Gasteiger partial charge in [-0.2, -0.15) is 0 Å². The molecule has 1 heterocycles. The van der Waals surface area contributed by atoms with Crippen molar-refractivity contribution in [3.8, 4) is 0 Å². The maximum absolute atomic E-state index is 3.37. The fraction of sp³-hybridized carbons (Fsp3) is 1.00. The molecule has 1 atom stereocenters. The molecule has 0 radical (unpaired) electrons. The van der Waals surface area contributed by atoms with E-state index in [1.807, 2.05) is 0 Å². The van der Waals surface area contributed by atoms with Gasteiger partial charge in [0.15, 0.2) is 0 Å². The molecule has 1 aliphatic rings. The lowest BCUT2D eigenvalue weighted by atomic mass is 10.2. The maximum Gasteiger partial charge on any atom is 0.0984 e. The van der Waals surface area contributed by atoms with E-state index in [0.717, 1.165) is 6.04 Å². The third kappa shape index (κ3) is 1.43. The van der Waals surface area contributed by atoms with Crippen LogP contribution < -0.4 is 5.32 Å². The summed E-state index contributed by atoms with van der Waals surface area (Å²) in [6, 6.07) is 0.777. The van der Waals surface area contributed by atoms with Crippen LogP contribution in [-0.2, 0) is 0 Å². The first kappa shape index (κ1) is 7.03. The lowest BCUT2D eigenvalue weighted by Gasteiger charge is -2.40. The van der Waals surface area contributed by atoms with Crippen molar-refractivity contribution in [1.82, 2.24) is 5.32 Å². The SMILES string of the molecule is CC1CNCC[N+]1(C)C. The van der Waals surface area contributed by atoms with Crippen LogP contribution in [0.2, 0.25) is 0 Å². The number of piperazine rings is 1. The zero-order valence-corrected chi connectivity index (χ0v) is 6.65. The average molecular weight is 129 g/mol. The van der Waals surface area contributed by atoms with Gasteiger partial charge in [0.1, 0.15) is 0 Å². The summed E-state index contributed by atoms with van der Waals surface area (Å²) in [6.07, 6.45) is 0. The number of hydrogen-bond donors (Lipinski definition) is 1. The highest BCUT2D eigenvalue weighted by atomic mass is 15.4. The third-order valence-electron chi connectivity index (χ3n) is 2.50. The number of nitrogens with zero attached hydrogens (tertiary/aromatic N) is 1. The highest BCUT2D eigenvalue weighted by Crippen LogP contribution is 2.07. The summed E-state index contributed by atoms with van der Waals surface area (Å²) in [6.45, 7) is 5.91. The van der Waals surface area contributed by atoms with Crippen molar-refractivity contribution in [1.29, 1.82) is 0 Å². The molecule has 1 saturated heterocycles. The number of likely N-dealkylation sites (N-methyl/N-ethyl adjacent to an activating group) is 1. The second-order valence-electron chi connectivity index (χ2n) is 3.56. The summed E-state index contributed by atoms with van der Waals surface area (Å²) < 4.78 is 1.17. The Kier molecular flexibility index (Phi) is 1.78. The number of hydrogen-bond acceptors (Lipinski definition) is 1. The van der Waals surface area contributed by atoms with Gasteiger partial charge in [0, 0.05) is 13.1 Å². The van der Waals surface area contributed by atoms with Crippen molar-refractivity contribution in [2.75, 3.05) is 33.7 Å². The van der Waals surface area contributed by atoms with Crippen LogP contribution in [0.25, 0.3) is 0 Å². The predicted octanol–water partition coefficient (Wildman–Crippen LogP) is 0.0545. The lowest BCUT2D eigenvalue weighted by molar-refractivity contribution is -0.914.